The molecule has 0 aliphatic heterocycles. The van der Waals surface area contributed by atoms with E-state index in [4.69, 9.17) is 4.74 Å². The first kappa shape index (κ1) is 10.1. The number of allylic oxidation sites excluding steroid dienone is 2. The smallest absolute Gasteiger partial charge is 0.170 e. The van der Waals surface area contributed by atoms with Crippen LogP contribution in [0.5, 0.6) is 0 Å². The van der Waals surface area contributed by atoms with Crippen LogP contribution in [0.2, 0.25) is 0 Å². The fourth-order valence-electron chi connectivity index (χ4n) is 0.475. The fourth-order valence-corrected chi connectivity index (χ4v) is 0.745. The average molecular weight is 254 g/mol. The van der Waals surface area contributed by atoms with E-state index < -0.39 is 0 Å². The van der Waals surface area contributed by atoms with E-state index in [1.807, 2.05) is 29.5 Å². The Labute approximate surface area is 74.8 Å². The number of carbonyl (C=O) groups excluding carboxylic acids is 1. The van der Waals surface area contributed by atoms with Gasteiger partial charge < -0.3 is 4.74 Å². The number of methoxy groups -OCH3 is 1. The van der Waals surface area contributed by atoms with Crippen molar-refractivity contribution in [2.75, 3.05) is 13.7 Å². The van der Waals surface area contributed by atoms with E-state index in [1.165, 1.54) is 0 Å². The molecule has 0 aromatic rings. The van der Waals surface area contributed by atoms with Crippen molar-refractivity contribution in [3.8, 4) is 0 Å². The summed E-state index contributed by atoms with van der Waals surface area (Å²) in [4.78, 5) is 11.0. The van der Waals surface area contributed by atoms with Crippen molar-refractivity contribution < 1.29 is 9.53 Å². The molecule has 0 saturated carbocycles. The maximum atomic E-state index is 11.0. The summed E-state index contributed by atoms with van der Waals surface area (Å²) in [7, 11) is 1.59. The molecule has 0 rings (SSSR count). The molecule has 10 heavy (non-hydrogen) atoms. The van der Waals surface area contributed by atoms with Gasteiger partial charge in [-0.2, -0.15) is 0 Å². The molecule has 58 valence electrons. The van der Waals surface area contributed by atoms with Crippen molar-refractivity contribution in [3.05, 3.63) is 9.66 Å². The number of halogens is 1. The number of hydrogen-bond acceptors (Lipinski definition) is 2. The van der Waals surface area contributed by atoms with Gasteiger partial charge in [0.2, 0.25) is 0 Å². The zero-order valence-electron chi connectivity index (χ0n) is 6.19. The van der Waals surface area contributed by atoms with E-state index in [2.05, 4.69) is 0 Å². The minimum absolute atomic E-state index is 0.157. The van der Waals surface area contributed by atoms with Crippen LogP contribution in [0.1, 0.15) is 13.3 Å². The Morgan fingerprint density at radius 3 is 2.70 bits per heavy atom. The Kier molecular flexibility index (Phi) is 5.91. The van der Waals surface area contributed by atoms with Crippen LogP contribution >= 0.6 is 22.6 Å². The van der Waals surface area contributed by atoms with Gasteiger partial charge >= 0.3 is 0 Å². The van der Waals surface area contributed by atoms with Gasteiger partial charge in [-0.15, -0.1) is 0 Å². The summed E-state index contributed by atoms with van der Waals surface area (Å²) in [6.07, 6.45) is 2.29. The molecule has 0 aromatic heterocycles. The second kappa shape index (κ2) is 5.85. The highest BCUT2D eigenvalue weighted by Gasteiger charge is 2.02. The van der Waals surface area contributed by atoms with E-state index in [0.717, 1.165) is 3.58 Å². The Hall–Kier alpha value is 0.1000. The molecule has 0 unspecified atom stereocenters. The Bertz CT molecular complexity index is 141. The van der Waals surface area contributed by atoms with Gasteiger partial charge in [0.15, 0.2) is 5.78 Å². The molecular weight excluding hydrogens is 243 g/mol. The third-order valence-electron chi connectivity index (χ3n) is 1.05. The molecule has 0 atom stereocenters. The number of Topliss-reactive ketones (excluding diaryl/α,β-unsaturated/α-hetero) is 1. The van der Waals surface area contributed by atoms with E-state index in [9.17, 15) is 4.79 Å². The number of ketones is 1. The van der Waals surface area contributed by atoms with E-state index in [0.29, 0.717) is 13.0 Å². The highest BCUT2D eigenvalue weighted by atomic mass is 127. The molecule has 3 heteroatoms. The normalized spacial score (nSPS) is 11.7. The molecule has 0 saturated heterocycles. The lowest BCUT2D eigenvalue weighted by Gasteiger charge is -1.96. The zero-order valence-corrected chi connectivity index (χ0v) is 8.34. The minimum Gasteiger partial charge on any atom is -0.384 e. The van der Waals surface area contributed by atoms with Gasteiger partial charge in [0, 0.05) is 13.5 Å². The average Bonchev–Trinajstić information content (AvgIpc) is 1.98. The van der Waals surface area contributed by atoms with Gasteiger partial charge in [-0.1, -0.05) is 6.08 Å². The van der Waals surface area contributed by atoms with Crippen molar-refractivity contribution in [3.63, 3.8) is 0 Å². The first-order valence-electron chi connectivity index (χ1n) is 3.06. The summed E-state index contributed by atoms with van der Waals surface area (Å²) in [6.45, 7) is 2.37. The van der Waals surface area contributed by atoms with E-state index in [-0.39, 0.29) is 5.78 Å². The van der Waals surface area contributed by atoms with Gasteiger partial charge in [0.05, 0.1) is 10.2 Å². The summed E-state index contributed by atoms with van der Waals surface area (Å²) in [5, 5.41) is 0. The van der Waals surface area contributed by atoms with Crippen molar-refractivity contribution in [2.24, 2.45) is 0 Å². The highest BCUT2D eigenvalue weighted by Crippen LogP contribution is 2.08. The fraction of sp³-hybridized carbons (Fsp3) is 0.571. The van der Waals surface area contributed by atoms with Gasteiger partial charge in [-0.3, -0.25) is 4.79 Å². The second-order valence-electron chi connectivity index (χ2n) is 1.80. The van der Waals surface area contributed by atoms with Crippen LogP contribution in [0.3, 0.4) is 0 Å². The molecule has 0 aromatic carbocycles. The summed E-state index contributed by atoms with van der Waals surface area (Å²) >= 11 is 2.03. The summed E-state index contributed by atoms with van der Waals surface area (Å²) in [6, 6.07) is 0. The van der Waals surface area contributed by atoms with E-state index in [1.54, 1.807) is 13.2 Å². The number of hydrogen-bond donors (Lipinski definition) is 0. The molecule has 0 spiro atoms. The van der Waals surface area contributed by atoms with Crippen LogP contribution in [-0.2, 0) is 9.53 Å². The maximum absolute atomic E-state index is 11.0. The van der Waals surface area contributed by atoms with Crippen LogP contribution < -0.4 is 0 Å². The highest BCUT2D eigenvalue weighted by molar-refractivity contribution is 14.1. The number of carbonyl (C=O) groups is 1. The molecule has 0 radical (unpaired) electrons. The molecule has 2 nitrogen and oxygen atoms in total. The van der Waals surface area contributed by atoms with Gasteiger partial charge in [-0.05, 0) is 29.5 Å². The molecular formula is C7H11IO2. The van der Waals surface area contributed by atoms with Crippen molar-refractivity contribution in [2.45, 2.75) is 13.3 Å². The first-order chi connectivity index (χ1) is 4.72. The quantitative estimate of drug-likeness (QED) is 0.566. The topological polar surface area (TPSA) is 26.3 Å². The van der Waals surface area contributed by atoms with Crippen LogP contribution in [0.25, 0.3) is 0 Å². The predicted molar refractivity (Wildman–Crippen MR) is 49.3 cm³/mol. The Balaban J connectivity index is 3.63. The molecule has 0 aliphatic carbocycles. The second-order valence-corrected chi connectivity index (χ2v) is 2.96. The molecule has 0 fully saturated rings. The van der Waals surface area contributed by atoms with Gasteiger partial charge in [-0.25, -0.2) is 0 Å². The summed E-state index contributed by atoms with van der Waals surface area (Å²) in [5.41, 5.74) is 0. The van der Waals surface area contributed by atoms with Crippen LogP contribution in [-0.4, -0.2) is 19.5 Å². The lowest BCUT2D eigenvalue weighted by Crippen LogP contribution is -2.01. The van der Waals surface area contributed by atoms with Crippen molar-refractivity contribution in [1.29, 1.82) is 0 Å². The summed E-state index contributed by atoms with van der Waals surface area (Å²) < 4.78 is 5.54. The molecule has 0 bridgehead atoms. The number of ether oxygens (including phenoxy) is 1. The standard InChI is InChI=1S/C7H11IO2/c1-3-6(8)7(9)4-5-10-2/h3H,4-5H2,1-2H3. The predicted octanol–water partition coefficient (Wildman–Crippen LogP) is 1.93. The first-order valence-corrected chi connectivity index (χ1v) is 4.14. The largest absolute Gasteiger partial charge is 0.384 e. The van der Waals surface area contributed by atoms with Gasteiger partial charge in [0.25, 0.3) is 0 Å². The van der Waals surface area contributed by atoms with Gasteiger partial charge in [0.1, 0.15) is 0 Å². The summed E-state index contributed by atoms with van der Waals surface area (Å²) in [5.74, 6) is 0.157. The van der Waals surface area contributed by atoms with Crippen LogP contribution in [0.4, 0.5) is 0 Å². The minimum atomic E-state index is 0.157. The third kappa shape index (κ3) is 4.00. The Morgan fingerprint density at radius 1 is 1.70 bits per heavy atom. The Morgan fingerprint density at radius 2 is 2.30 bits per heavy atom. The van der Waals surface area contributed by atoms with Crippen LogP contribution in [0, 0.1) is 0 Å². The third-order valence-corrected chi connectivity index (χ3v) is 2.28. The van der Waals surface area contributed by atoms with Crippen molar-refractivity contribution >= 4 is 28.4 Å². The van der Waals surface area contributed by atoms with Crippen molar-refractivity contribution in [1.82, 2.24) is 0 Å². The van der Waals surface area contributed by atoms with Crippen LogP contribution in [0.15, 0.2) is 9.66 Å². The lowest BCUT2D eigenvalue weighted by molar-refractivity contribution is -0.115. The monoisotopic (exact) mass is 254 g/mol. The zero-order chi connectivity index (χ0) is 7.98. The molecule has 0 aliphatic rings. The SMILES string of the molecule is CC=C(I)C(=O)CCOC. The van der Waals surface area contributed by atoms with E-state index >= 15 is 0 Å². The maximum Gasteiger partial charge on any atom is 0.170 e. The molecule has 0 N–H and O–H groups in total. The lowest BCUT2D eigenvalue weighted by atomic mass is 10.3. The molecule has 0 heterocycles. The number of rotatable bonds is 4. The molecule has 0 amide bonds.